The lowest BCUT2D eigenvalue weighted by Crippen LogP contribution is -2.03. The highest BCUT2D eigenvalue weighted by Crippen LogP contribution is 2.05. The molecule has 0 saturated heterocycles. The number of hydrogen-bond donors (Lipinski definition) is 0. The molecular formula is C16H15NO2. The van der Waals surface area contributed by atoms with Crippen LogP contribution in [0.2, 0.25) is 0 Å². The molecule has 96 valence electrons. The van der Waals surface area contributed by atoms with E-state index in [0.29, 0.717) is 19.4 Å². The van der Waals surface area contributed by atoms with E-state index in [9.17, 15) is 4.79 Å². The summed E-state index contributed by atoms with van der Waals surface area (Å²) < 4.78 is 5.15. The molecule has 0 bridgehead atoms. The maximum absolute atomic E-state index is 11.5. The van der Waals surface area contributed by atoms with Crippen LogP contribution in [-0.2, 0) is 16.1 Å². The average molecular weight is 253 g/mol. The molecule has 1 aromatic rings. The summed E-state index contributed by atoms with van der Waals surface area (Å²) in [6, 6.07) is 9.64. The number of ether oxygens (including phenoxy) is 1. The number of aliphatic imine (C=N–C) groups is 1. The topological polar surface area (TPSA) is 38.7 Å². The zero-order valence-corrected chi connectivity index (χ0v) is 10.6. The van der Waals surface area contributed by atoms with Crippen LogP contribution in [0, 0.1) is 11.8 Å². The van der Waals surface area contributed by atoms with Crippen LogP contribution in [0.5, 0.6) is 0 Å². The van der Waals surface area contributed by atoms with E-state index < -0.39 is 0 Å². The Balaban J connectivity index is 1.65. The Hall–Kier alpha value is -2.34. The molecule has 0 aromatic heterocycles. The first-order chi connectivity index (χ1) is 9.34. The van der Waals surface area contributed by atoms with Crippen LogP contribution in [-0.4, -0.2) is 12.2 Å². The molecule has 1 aromatic carbocycles. The second-order valence-electron chi connectivity index (χ2n) is 4.14. The fourth-order valence-corrected chi connectivity index (χ4v) is 1.58. The Kier molecular flexibility index (Phi) is 4.95. The highest BCUT2D eigenvalue weighted by molar-refractivity contribution is 5.70. The van der Waals surface area contributed by atoms with E-state index in [1.807, 2.05) is 36.5 Å². The van der Waals surface area contributed by atoms with E-state index in [4.69, 9.17) is 4.74 Å². The SMILES string of the molecule is O=C(CCC#CC1=CN=CC1)OCc1ccccc1. The highest BCUT2D eigenvalue weighted by atomic mass is 16.5. The zero-order valence-electron chi connectivity index (χ0n) is 10.6. The van der Waals surface area contributed by atoms with Crippen molar-refractivity contribution in [2.75, 3.05) is 0 Å². The molecule has 0 amide bonds. The van der Waals surface area contributed by atoms with Crippen molar-refractivity contribution in [3.05, 3.63) is 47.7 Å². The second-order valence-corrected chi connectivity index (χ2v) is 4.14. The summed E-state index contributed by atoms with van der Waals surface area (Å²) in [4.78, 5) is 15.4. The van der Waals surface area contributed by atoms with Crippen molar-refractivity contribution < 1.29 is 9.53 Å². The van der Waals surface area contributed by atoms with Gasteiger partial charge in [-0.25, -0.2) is 0 Å². The third-order valence-electron chi connectivity index (χ3n) is 2.59. The van der Waals surface area contributed by atoms with Gasteiger partial charge in [-0.1, -0.05) is 42.2 Å². The van der Waals surface area contributed by atoms with E-state index in [2.05, 4.69) is 16.8 Å². The minimum Gasteiger partial charge on any atom is -0.461 e. The molecule has 3 heteroatoms. The molecular weight excluding hydrogens is 238 g/mol. The van der Waals surface area contributed by atoms with Gasteiger partial charge in [0.1, 0.15) is 6.61 Å². The van der Waals surface area contributed by atoms with Gasteiger partial charge in [0.05, 0.1) is 6.42 Å². The number of hydrogen-bond acceptors (Lipinski definition) is 3. The minimum absolute atomic E-state index is 0.213. The summed E-state index contributed by atoms with van der Waals surface area (Å²) >= 11 is 0. The molecule has 1 aliphatic rings. The first-order valence-corrected chi connectivity index (χ1v) is 6.24. The first kappa shape index (κ1) is 13.1. The monoisotopic (exact) mass is 253 g/mol. The van der Waals surface area contributed by atoms with Crippen LogP contribution >= 0.6 is 0 Å². The third-order valence-corrected chi connectivity index (χ3v) is 2.59. The molecule has 2 rings (SSSR count). The van der Waals surface area contributed by atoms with Gasteiger partial charge < -0.3 is 4.74 Å². The van der Waals surface area contributed by atoms with Gasteiger partial charge in [0.25, 0.3) is 0 Å². The molecule has 0 saturated carbocycles. The molecule has 0 spiro atoms. The van der Waals surface area contributed by atoms with E-state index in [1.54, 1.807) is 6.20 Å². The van der Waals surface area contributed by atoms with Gasteiger partial charge in [0.15, 0.2) is 0 Å². The van der Waals surface area contributed by atoms with Crippen molar-refractivity contribution in [2.24, 2.45) is 4.99 Å². The van der Waals surface area contributed by atoms with Gasteiger partial charge in [-0.2, -0.15) is 0 Å². The number of benzene rings is 1. The molecule has 1 aliphatic heterocycles. The van der Waals surface area contributed by atoms with Crippen LogP contribution in [0.1, 0.15) is 24.8 Å². The van der Waals surface area contributed by atoms with E-state index in [0.717, 1.165) is 17.6 Å². The van der Waals surface area contributed by atoms with Crippen LogP contribution in [0.25, 0.3) is 0 Å². The highest BCUT2D eigenvalue weighted by Gasteiger charge is 2.02. The number of carbonyl (C=O) groups is 1. The van der Waals surface area contributed by atoms with Crippen LogP contribution in [0.15, 0.2) is 47.1 Å². The molecule has 19 heavy (non-hydrogen) atoms. The molecule has 3 nitrogen and oxygen atoms in total. The molecule has 1 heterocycles. The fraction of sp³-hybridized carbons (Fsp3) is 0.250. The fourth-order valence-electron chi connectivity index (χ4n) is 1.58. The first-order valence-electron chi connectivity index (χ1n) is 6.24. The molecule has 0 fully saturated rings. The van der Waals surface area contributed by atoms with E-state index >= 15 is 0 Å². The van der Waals surface area contributed by atoms with Gasteiger partial charge in [-0.05, 0) is 5.56 Å². The smallest absolute Gasteiger partial charge is 0.307 e. The van der Waals surface area contributed by atoms with Crippen molar-refractivity contribution in [1.82, 2.24) is 0 Å². The van der Waals surface area contributed by atoms with Gasteiger partial charge in [-0.15, -0.1) is 0 Å². The molecule has 0 aliphatic carbocycles. The molecule has 0 radical (unpaired) electrons. The number of allylic oxidation sites excluding steroid dienone is 1. The zero-order chi connectivity index (χ0) is 13.3. The number of rotatable bonds is 4. The summed E-state index contributed by atoms with van der Waals surface area (Å²) in [6.45, 7) is 0.325. The summed E-state index contributed by atoms with van der Waals surface area (Å²) in [6.07, 6.45) is 5.21. The Morgan fingerprint density at radius 2 is 2.16 bits per heavy atom. The normalized spacial score (nSPS) is 12.5. The summed E-state index contributed by atoms with van der Waals surface area (Å²) in [5.41, 5.74) is 1.99. The Morgan fingerprint density at radius 1 is 1.32 bits per heavy atom. The number of nitrogens with zero attached hydrogens (tertiary/aromatic N) is 1. The van der Waals surface area contributed by atoms with Crippen molar-refractivity contribution in [3.63, 3.8) is 0 Å². The predicted octanol–water partition coefficient (Wildman–Crippen LogP) is 2.87. The van der Waals surface area contributed by atoms with E-state index in [-0.39, 0.29) is 5.97 Å². The maximum Gasteiger partial charge on any atom is 0.307 e. The maximum atomic E-state index is 11.5. The minimum atomic E-state index is -0.213. The standard InChI is InChI=1S/C16H15NO2/c18-16(19-13-15-7-2-1-3-8-15)9-5-4-6-14-10-11-17-12-14/h1-3,7-8,11-12H,5,9-10,13H2. The van der Waals surface area contributed by atoms with Crippen LogP contribution in [0.3, 0.4) is 0 Å². The Bertz CT molecular complexity index is 547. The van der Waals surface area contributed by atoms with E-state index in [1.165, 1.54) is 0 Å². The van der Waals surface area contributed by atoms with Gasteiger partial charge in [0, 0.05) is 30.8 Å². The van der Waals surface area contributed by atoms with Crippen molar-refractivity contribution in [2.45, 2.75) is 25.9 Å². The van der Waals surface area contributed by atoms with Gasteiger partial charge in [-0.3, -0.25) is 9.79 Å². The van der Waals surface area contributed by atoms with Crippen molar-refractivity contribution >= 4 is 12.2 Å². The Morgan fingerprint density at radius 3 is 2.89 bits per heavy atom. The lowest BCUT2D eigenvalue weighted by atomic mass is 10.2. The molecule has 0 atom stereocenters. The lowest BCUT2D eigenvalue weighted by molar-refractivity contribution is -0.144. The predicted molar refractivity (Wildman–Crippen MR) is 74.4 cm³/mol. The summed E-state index contributed by atoms with van der Waals surface area (Å²) in [5.74, 6) is 5.73. The summed E-state index contributed by atoms with van der Waals surface area (Å²) in [7, 11) is 0. The number of carbonyl (C=O) groups excluding carboxylic acids is 1. The largest absolute Gasteiger partial charge is 0.461 e. The lowest BCUT2D eigenvalue weighted by Gasteiger charge is -2.03. The summed E-state index contributed by atoms with van der Waals surface area (Å²) in [5, 5.41) is 0. The quantitative estimate of drug-likeness (QED) is 0.611. The average Bonchev–Trinajstić information content (AvgIpc) is 2.96. The van der Waals surface area contributed by atoms with Crippen molar-refractivity contribution in [3.8, 4) is 11.8 Å². The second kappa shape index (κ2) is 7.17. The van der Waals surface area contributed by atoms with Crippen LogP contribution in [0.4, 0.5) is 0 Å². The third kappa shape index (κ3) is 4.81. The Labute approximate surface area is 113 Å². The van der Waals surface area contributed by atoms with Crippen molar-refractivity contribution in [1.29, 1.82) is 0 Å². The number of esters is 1. The van der Waals surface area contributed by atoms with Gasteiger partial charge in [0.2, 0.25) is 0 Å². The molecule has 0 N–H and O–H groups in total. The van der Waals surface area contributed by atoms with Crippen LogP contribution < -0.4 is 0 Å². The van der Waals surface area contributed by atoms with Gasteiger partial charge >= 0.3 is 5.97 Å². The molecule has 0 unspecified atom stereocenters.